The summed E-state index contributed by atoms with van der Waals surface area (Å²) in [5.41, 5.74) is 18.1. The largest absolute Gasteiger partial charge is 0.264 e. The van der Waals surface area contributed by atoms with Gasteiger partial charge in [-0.05, 0) is 86.7 Å². The van der Waals surface area contributed by atoms with Gasteiger partial charge in [0.2, 0.25) is 0 Å². The second-order valence-corrected chi connectivity index (χ2v) is 14.8. The van der Waals surface area contributed by atoms with Crippen LogP contribution in [-0.4, -0.2) is 15.0 Å². The summed E-state index contributed by atoms with van der Waals surface area (Å²) in [7, 11) is 0. The summed E-state index contributed by atoms with van der Waals surface area (Å²) in [5, 5.41) is 0. The lowest BCUT2D eigenvalue weighted by atomic mass is 9.67. The van der Waals surface area contributed by atoms with Crippen molar-refractivity contribution in [3.63, 3.8) is 0 Å². The quantitative estimate of drug-likeness (QED) is 0.174. The Balaban J connectivity index is 0.942. The number of aromatic nitrogens is 3. The first-order chi connectivity index (χ1) is 26.7. The third kappa shape index (κ3) is 5.74. The van der Waals surface area contributed by atoms with Gasteiger partial charge in [0.15, 0.2) is 5.82 Å². The molecular formula is C51H39N3. The summed E-state index contributed by atoms with van der Waals surface area (Å²) in [6.07, 6.45) is 10.1. The van der Waals surface area contributed by atoms with E-state index >= 15 is 0 Å². The Hall–Kier alpha value is -6.45. The van der Waals surface area contributed by atoms with Crippen LogP contribution in [0.2, 0.25) is 0 Å². The Bertz CT molecular complexity index is 2590. The van der Waals surface area contributed by atoms with E-state index in [2.05, 4.69) is 145 Å². The van der Waals surface area contributed by atoms with Crippen molar-refractivity contribution in [1.82, 2.24) is 15.0 Å². The van der Waals surface area contributed by atoms with Crippen LogP contribution in [0.1, 0.15) is 43.2 Å². The van der Waals surface area contributed by atoms with E-state index in [1.165, 1.54) is 71.0 Å². The van der Waals surface area contributed by atoms with Crippen LogP contribution in [0, 0.1) is 0 Å². The fraction of sp³-hybridized carbons (Fsp3) is 0.118. The van der Waals surface area contributed by atoms with Crippen LogP contribution < -0.4 is 0 Å². The van der Waals surface area contributed by atoms with Crippen LogP contribution in [0.5, 0.6) is 0 Å². The molecule has 0 bridgehead atoms. The first-order valence-corrected chi connectivity index (χ1v) is 19.1. The molecule has 2 heterocycles. The van der Waals surface area contributed by atoms with Crippen molar-refractivity contribution in [1.29, 1.82) is 0 Å². The van der Waals surface area contributed by atoms with Crippen LogP contribution in [0.4, 0.5) is 0 Å². The minimum atomic E-state index is 0.166. The highest BCUT2D eigenvalue weighted by Gasteiger charge is 2.43. The van der Waals surface area contributed by atoms with Gasteiger partial charge in [0.25, 0.3) is 0 Å². The van der Waals surface area contributed by atoms with Gasteiger partial charge in [-0.1, -0.05) is 165 Å². The fourth-order valence-corrected chi connectivity index (χ4v) is 8.84. The van der Waals surface area contributed by atoms with Crippen LogP contribution in [0.3, 0.4) is 0 Å². The van der Waals surface area contributed by atoms with Crippen LogP contribution in [0.25, 0.3) is 78.4 Å². The number of benzene rings is 6. The summed E-state index contributed by atoms with van der Waals surface area (Å²) in [6, 6.07) is 59.0. The second kappa shape index (κ2) is 13.5. The number of rotatable bonds is 6. The van der Waals surface area contributed by atoms with E-state index in [0.29, 0.717) is 5.82 Å². The molecule has 0 unspecified atom stereocenters. The molecule has 0 aliphatic heterocycles. The Morgan fingerprint density at radius 1 is 0.370 bits per heavy atom. The van der Waals surface area contributed by atoms with E-state index in [9.17, 15) is 0 Å². The maximum Gasteiger partial charge on any atom is 0.160 e. The molecule has 6 aromatic carbocycles. The second-order valence-electron chi connectivity index (χ2n) is 14.8. The Morgan fingerprint density at radius 2 is 0.889 bits per heavy atom. The average molecular weight is 694 g/mol. The average Bonchev–Trinajstić information content (AvgIpc) is 3.52. The van der Waals surface area contributed by atoms with Gasteiger partial charge in [-0.2, -0.15) is 0 Å². The van der Waals surface area contributed by atoms with E-state index in [1.54, 1.807) is 11.8 Å². The number of pyridine rings is 1. The molecule has 3 heteroatoms. The molecule has 1 spiro atoms. The minimum Gasteiger partial charge on any atom is -0.264 e. The highest BCUT2D eigenvalue weighted by molar-refractivity contribution is 5.84. The molecule has 2 aliphatic rings. The number of nitrogens with zero attached hydrogens (tertiary/aromatic N) is 3. The molecule has 0 saturated heterocycles. The van der Waals surface area contributed by atoms with E-state index in [-0.39, 0.29) is 5.41 Å². The Morgan fingerprint density at radius 3 is 1.52 bits per heavy atom. The molecule has 2 aliphatic carbocycles. The minimum absolute atomic E-state index is 0.166. The first kappa shape index (κ1) is 32.2. The van der Waals surface area contributed by atoms with Crippen molar-refractivity contribution in [2.45, 2.75) is 37.5 Å². The molecule has 2 aromatic heterocycles. The summed E-state index contributed by atoms with van der Waals surface area (Å²) in [6.45, 7) is 0. The van der Waals surface area contributed by atoms with E-state index in [4.69, 9.17) is 9.97 Å². The monoisotopic (exact) mass is 693 g/mol. The highest BCUT2D eigenvalue weighted by Crippen LogP contribution is 2.56. The highest BCUT2D eigenvalue weighted by atomic mass is 14.9. The van der Waals surface area contributed by atoms with Crippen molar-refractivity contribution in [2.24, 2.45) is 0 Å². The molecular weight excluding hydrogens is 655 g/mol. The van der Waals surface area contributed by atoms with E-state index in [0.717, 1.165) is 39.2 Å². The Kier molecular flexibility index (Phi) is 8.06. The molecule has 0 N–H and O–H groups in total. The predicted octanol–water partition coefficient (Wildman–Crippen LogP) is 13.1. The van der Waals surface area contributed by atoms with Gasteiger partial charge in [-0.15, -0.1) is 0 Å². The van der Waals surface area contributed by atoms with Gasteiger partial charge in [-0.3, -0.25) is 4.98 Å². The SMILES string of the molecule is c1ccc(-c2nc(-c3ccc(-c4ccc(-c5ccc6c(c5)C5(CCCCC5)c5ccccc5-6)cc4)cc3)cc(-c3ccc(-c4cccnc4)cc3)n2)cc1. The van der Waals surface area contributed by atoms with Crippen LogP contribution in [0.15, 0.2) is 176 Å². The fourth-order valence-electron chi connectivity index (χ4n) is 8.84. The molecule has 1 fully saturated rings. The molecule has 10 rings (SSSR count). The molecule has 8 aromatic rings. The summed E-state index contributed by atoms with van der Waals surface area (Å²) < 4.78 is 0. The van der Waals surface area contributed by atoms with Gasteiger partial charge in [0.05, 0.1) is 11.4 Å². The summed E-state index contributed by atoms with van der Waals surface area (Å²) in [5.74, 6) is 0.712. The van der Waals surface area contributed by atoms with Crippen molar-refractivity contribution in [3.8, 4) is 78.4 Å². The lowest BCUT2D eigenvalue weighted by Crippen LogP contribution is -2.28. The summed E-state index contributed by atoms with van der Waals surface area (Å²) >= 11 is 0. The zero-order valence-electron chi connectivity index (χ0n) is 30.1. The third-order valence-corrected chi connectivity index (χ3v) is 11.6. The Labute approximate surface area is 317 Å². The molecule has 0 atom stereocenters. The lowest BCUT2D eigenvalue weighted by Gasteiger charge is -2.36. The van der Waals surface area contributed by atoms with Gasteiger partial charge in [-0.25, -0.2) is 9.97 Å². The van der Waals surface area contributed by atoms with Crippen LogP contribution in [-0.2, 0) is 5.41 Å². The van der Waals surface area contributed by atoms with E-state index < -0.39 is 0 Å². The van der Waals surface area contributed by atoms with Gasteiger partial charge < -0.3 is 0 Å². The predicted molar refractivity (Wildman–Crippen MR) is 222 cm³/mol. The molecule has 1 saturated carbocycles. The molecule has 0 radical (unpaired) electrons. The summed E-state index contributed by atoms with van der Waals surface area (Å²) in [4.78, 5) is 14.4. The van der Waals surface area contributed by atoms with E-state index in [1.807, 2.05) is 30.5 Å². The maximum atomic E-state index is 5.06. The van der Waals surface area contributed by atoms with Crippen molar-refractivity contribution in [2.75, 3.05) is 0 Å². The van der Waals surface area contributed by atoms with Gasteiger partial charge in [0, 0.05) is 34.5 Å². The maximum absolute atomic E-state index is 5.06. The molecule has 0 amide bonds. The topological polar surface area (TPSA) is 38.7 Å². The third-order valence-electron chi connectivity index (χ3n) is 11.6. The van der Waals surface area contributed by atoms with Crippen molar-refractivity contribution < 1.29 is 0 Å². The molecule has 3 nitrogen and oxygen atoms in total. The van der Waals surface area contributed by atoms with Gasteiger partial charge >= 0.3 is 0 Å². The lowest BCUT2D eigenvalue weighted by molar-refractivity contribution is 0.353. The first-order valence-electron chi connectivity index (χ1n) is 19.1. The van der Waals surface area contributed by atoms with Gasteiger partial charge in [0.1, 0.15) is 0 Å². The molecule has 54 heavy (non-hydrogen) atoms. The normalized spacial score (nSPS) is 14.1. The number of hydrogen-bond acceptors (Lipinski definition) is 3. The van der Waals surface area contributed by atoms with Crippen LogP contribution >= 0.6 is 0 Å². The van der Waals surface area contributed by atoms with Crippen molar-refractivity contribution in [3.05, 3.63) is 187 Å². The number of fused-ring (bicyclic) bond motifs is 5. The zero-order valence-corrected chi connectivity index (χ0v) is 30.1. The molecule has 258 valence electrons. The smallest absolute Gasteiger partial charge is 0.160 e. The standard InChI is InChI=1S/C51H39N3/c1-3-10-41(11-4-1)50-53-48(33-49(54-50)40-25-21-38(22-26-40)43-12-9-31-52-34-43)39-23-19-36(20-24-39)35-15-17-37(18-16-35)42-27-28-45-44-13-5-6-14-46(44)51(47(45)32-42)29-7-2-8-30-51/h1,3-6,9-28,31-34H,2,7-8,29-30H2. The number of hydrogen-bond donors (Lipinski definition) is 0. The van der Waals surface area contributed by atoms with Crippen molar-refractivity contribution >= 4 is 0 Å². The zero-order chi connectivity index (χ0) is 35.9.